The lowest BCUT2D eigenvalue weighted by atomic mass is 10.0. The summed E-state index contributed by atoms with van der Waals surface area (Å²) in [5.74, 6) is 0. The minimum absolute atomic E-state index is 0.0883. The number of halogens is 1. The van der Waals surface area contributed by atoms with Crippen LogP contribution < -0.4 is 5.32 Å². The first-order valence-electron chi connectivity index (χ1n) is 10.2. The normalized spacial score (nSPS) is 14.4. The van der Waals surface area contributed by atoms with Crippen LogP contribution in [0, 0.1) is 0 Å². The summed E-state index contributed by atoms with van der Waals surface area (Å²) in [6, 6.07) is 7.72. The third kappa shape index (κ3) is 6.77. The molecule has 0 atom stereocenters. The standard InChI is InChI=1S/C22H32BrN3O3/c1-6-25(7-2)20(27)24-18-10-8-16(9-11-18)19(23)17-12-14-26(15-13-17)21(28)29-22(3,4)5/h8-11H,6-7,12-15H2,1-5H3,(H,24,27). The van der Waals surface area contributed by atoms with E-state index in [1.165, 1.54) is 5.57 Å². The van der Waals surface area contributed by atoms with E-state index in [2.05, 4.69) is 21.2 Å². The van der Waals surface area contributed by atoms with E-state index in [0.29, 0.717) is 26.2 Å². The molecule has 3 amide bonds. The maximum Gasteiger partial charge on any atom is 0.410 e. The number of anilines is 1. The fraction of sp³-hybridized carbons (Fsp3) is 0.545. The van der Waals surface area contributed by atoms with Crippen molar-refractivity contribution < 1.29 is 14.3 Å². The number of urea groups is 1. The Morgan fingerprint density at radius 1 is 1.10 bits per heavy atom. The summed E-state index contributed by atoms with van der Waals surface area (Å²) in [7, 11) is 0. The fourth-order valence-electron chi connectivity index (χ4n) is 3.12. The van der Waals surface area contributed by atoms with Gasteiger partial charge in [0.05, 0.1) is 0 Å². The van der Waals surface area contributed by atoms with Crippen molar-refractivity contribution in [3.05, 3.63) is 35.4 Å². The molecule has 2 rings (SSSR count). The monoisotopic (exact) mass is 465 g/mol. The van der Waals surface area contributed by atoms with Gasteiger partial charge in [-0.3, -0.25) is 0 Å². The summed E-state index contributed by atoms with van der Waals surface area (Å²) >= 11 is 3.72. The molecule has 0 saturated carbocycles. The lowest BCUT2D eigenvalue weighted by Crippen LogP contribution is -2.40. The molecule has 1 heterocycles. The van der Waals surface area contributed by atoms with E-state index in [0.717, 1.165) is 28.6 Å². The highest BCUT2D eigenvalue weighted by Gasteiger charge is 2.25. The lowest BCUT2D eigenvalue weighted by Gasteiger charge is -2.31. The van der Waals surface area contributed by atoms with Gasteiger partial charge in [-0.1, -0.05) is 33.6 Å². The van der Waals surface area contributed by atoms with Crippen molar-refractivity contribution in [3.8, 4) is 0 Å². The van der Waals surface area contributed by atoms with Gasteiger partial charge < -0.3 is 19.9 Å². The van der Waals surface area contributed by atoms with Gasteiger partial charge in [0, 0.05) is 36.3 Å². The number of benzene rings is 1. The average Bonchev–Trinajstić information content (AvgIpc) is 2.68. The van der Waals surface area contributed by atoms with Gasteiger partial charge >= 0.3 is 12.1 Å². The first-order chi connectivity index (χ1) is 13.6. The van der Waals surface area contributed by atoms with Crippen molar-refractivity contribution in [3.63, 3.8) is 0 Å². The van der Waals surface area contributed by atoms with Crippen LogP contribution in [0.4, 0.5) is 15.3 Å². The third-order valence-corrected chi connectivity index (χ3v) is 5.79. The van der Waals surface area contributed by atoms with Crippen molar-refractivity contribution in [2.75, 3.05) is 31.5 Å². The summed E-state index contributed by atoms with van der Waals surface area (Å²) in [5.41, 5.74) is 2.64. The maximum atomic E-state index is 12.2. The number of carbonyl (C=O) groups excluding carboxylic acids is 2. The molecule has 7 heteroatoms. The number of rotatable bonds is 4. The molecule has 1 fully saturated rings. The molecule has 1 N–H and O–H groups in total. The molecule has 0 spiro atoms. The Bertz CT molecular complexity index is 740. The number of carbonyl (C=O) groups is 2. The molecule has 29 heavy (non-hydrogen) atoms. The van der Waals surface area contributed by atoms with E-state index in [4.69, 9.17) is 4.74 Å². The topological polar surface area (TPSA) is 61.9 Å². The zero-order valence-electron chi connectivity index (χ0n) is 18.0. The quantitative estimate of drug-likeness (QED) is 0.620. The SMILES string of the molecule is CCN(CC)C(=O)Nc1ccc(C(Br)=C2CCN(C(=O)OC(C)(C)C)CC2)cc1. The molecule has 1 aromatic rings. The molecule has 6 nitrogen and oxygen atoms in total. The van der Waals surface area contributed by atoms with Crippen LogP contribution in [-0.2, 0) is 4.74 Å². The molecule has 160 valence electrons. The van der Waals surface area contributed by atoms with Crippen LogP contribution in [0.1, 0.15) is 53.0 Å². The molecule has 0 bridgehead atoms. The Morgan fingerprint density at radius 2 is 1.66 bits per heavy atom. The number of nitrogens with zero attached hydrogens (tertiary/aromatic N) is 2. The molecule has 1 aliphatic rings. The maximum absolute atomic E-state index is 12.2. The van der Waals surface area contributed by atoms with E-state index in [1.54, 1.807) is 9.80 Å². The molecule has 0 radical (unpaired) electrons. The van der Waals surface area contributed by atoms with Gasteiger partial charge in [0.25, 0.3) is 0 Å². The second kappa shape index (κ2) is 10.1. The van der Waals surface area contributed by atoms with Crippen molar-refractivity contribution in [2.24, 2.45) is 0 Å². The molecule has 0 unspecified atom stereocenters. The van der Waals surface area contributed by atoms with Crippen LogP contribution >= 0.6 is 15.9 Å². The Hall–Kier alpha value is -2.02. The number of hydrogen-bond acceptors (Lipinski definition) is 3. The molecule has 0 aliphatic carbocycles. The smallest absolute Gasteiger partial charge is 0.410 e. The number of ether oxygens (including phenoxy) is 1. The van der Waals surface area contributed by atoms with Crippen molar-refractivity contribution in [2.45, 2.75) is 53.1 Å². The minimum Gasteiger partial charge on any atom is -0.444 e. The van der Waals surface area contributed by atoms with E-state index < -0.39 is 5.60 Å². The number of piperidine rings is 1. The van der Waals surface area contributed by atoms with Crippen LogP contribution in [0.3, 0.4) is 0 Å². The lowest BCUT2D eigenvalue weighted by molar-refractivity contribution is 0.0237. The Kier molecular flexibility index (Phi) is 8.14. The number of amides is 3. The summed E-state index contributed by atoms with van der Waals surface area (Å²) in [5, 5.41) is 2.92. The van der Waals surface area contributed by atoms with Crippen LogP contribution in [-0.4, -0.2) is 53.7 Å². The molecule has 1 saturated heterocycles. The summed E-state index contributed by atoms with van der Waals surface area (Å²) in [6.07, 6.45) is 1.36. The van der Waals surface area contributed by atoms with Gasteiger partial charge in [0.15, 0.2) is 0 Å². The highest BCUT2D eigenvalue weighted by atomic mass is 79.9. The van der Waals surface area contributed by atoms with Gasteiger partial charge in [-0.25, -0.2) is 9.59 Å². The number of likely N-dealkylation sites (tertiary alicyclic amines) is 1. The van der Waals surface area contributed by atoms with Gasteiger partial charge in [0.1, 0.15) is 5.60 Å². The van der Waals surface area contributed by atoms with Gasteiger partial charge in [-0.2, -0.15) is 0 Å². The minimum atomic E-state index is -0.476. The average molecular weight is 466 g/mol. The largest absolute Gasteiger partial charge is 0.444 e. The van der Waals surface area contributed by atoms with E-state index >= 15 is 0 Å². The molecule has 1 aromatic carbocycles. The third-order valence-electron chi connectivity index (χ3n) is 4.77. The first-order valence-corrected chi connectivity index (χ1v) is 11.0. The second-order valence-electron chi connectivity index (χ2n) is 8.06. The fourth-order valence-corrected chi connectivity index (χ4v) is 3.78. The van der Waals surface area contributed by atoms with Crippen molar-refractivity contribution >= 4 is 38.2 Å². The van der Waals surface area contributed by atoms with Gasteiger partial charge in [-0.05, 0) is 65.2 Å². The second-order valence-corrected chi connectivity index (χ2v) is 8.86. The van der Waals surface area contributed by atoms with Crippen LogP contribution in [0.15, 0.2) is 29.8 Å². The van der Waals surface area contributed by atoms with E-state index in [-0.39, 0.29) is 12.1 Å². The van der Waals surface area contributed by atoms with Crippen LogP contribution in [0.25, 0.3) is 4.48 Å². The molecular weight excluding hydrogens is 434 g/mol. The summed E-state index contributed by atoms with van der Waals surface area (Å²) in [4.78, 5) is 27.9. The Balaban J connectivity index is 1.98. The van der Waals surface area contributed by atoms with Crippen LogP contribution in [0.5, 0.6) is 0 Å². The van der Waals surface area contributed by atoms with Gasteiger partial charge in [0.2, 0.25) is 0 Å². The van der Waals surface area contributed by atoms with Crippen molar-refractivity contribution in [1.29, 1.82) is 0 Å². The van der Waals surface area contributed by atoms with Crippen molar-refractivity contribution in [1.82, 2.24) is 9.80 Å². The first kappa shape index (κ1) is 23.3. The molecule has 1 aliphatic heterocycles. The predicted molar refractivity (Wildman–Crippen MR) is 121 cm³/mol. The van der Waals surface area contributed by atoms with Crippen LogP contribution in [0.2, 0.25) is 0 Å². The Morgan fingerprint density at radius 3 is 2.14 bits per heavy atom. The highest BCUT2D eigenvalue weighted by Crippen LogP contribution is 2.32. The molecular formula is C22H32BrN3O3. The number of hydrogen-bond donors (Lipinski definition) is 1. The van der Waals surface area contributed by atoms with E-state index in [9.17, 15) is 9.59 Å². The zero-order valence-corrected chi connectivity index (χ0v) is 19.6. The highest BCUT2D eigenvalue weighted by molar-refractivity contribution is 9.15. The predicted octanol–water partition coefficient (Wildman–Crippen LogP) is 5.70. The van der Waals surface area contributed by atoms with Gasteiger partial charge in [-0.15, -0.1) is 0 Å². The van der Waals surface area contributed by atoms with E-state index in [1.807, 2.05) is 58.9 Å². The number of nitrogens with one attached hydrogen (secondary N) is 1. The molecule has 0 aromatic heterocycles. The Labute approximate surface area is 182 Å². The summed E-state index contributed by atoms with van der Waals surface area (Å²) in [6.45, 7) is 12.2. The zero-order chi connectivity index (χ0) is 21.6. The summed E-state index contributed by atoms with van der Waals surface area (Å²) < 4.78 is 6.51.